The number of nitrogens with zero attached hydrogens (tertiary/aromatic N) is 1. The highest BCUT2D eigenvalue weighted by Crippen LogP contribution is 2.26. The number of hydrogen-bond donors (Lipinski definition) is 0. The molecule has 3 rings (SSSR count). The summed E-state index contributed by atoms with van der Waals surface area (Å²) in [4.78, 5) is 29.2. The first-order valence-electron chi connectivity index (χ1n) is 7.08. The van der Waals surface area contributed by atoms with Gasteiger partial charge < -0.3 is 0 Å². The second kappa shape index (κ2) is 5.49. The van der Waals surface area contributed by atoms with Crippen LogP contribution in [0.4, 0.5) is 0 Å². The van der Waals surface area contributed by atoms with Crippen molar-refractivity contribution in [3.63, 3.8) is 0 Å². The lowest BCUT2D eigenvalue weighted by Crippen LogP contribution is -2.39. The Morgan fingerprint density at radius 1 is 1.00 bits per heavy atom. The van der Waals surface area contributed by atoms with Gasteiger partial charge in [0.05, 0.1) is 6.04 Å². The summed E-state index contributed by atoms with van der Waals surface area (Å²) in [6, 6.07) is 6.98. The van der Waals surface area contributed by atoms with E-state index in [2.05, 4.69) is 4.99 Å². The molecule has 1 aromatic carbocycles. The van der Waals surface area contributed by atoms with Gasteiger partial charge in [-0.3, -0.25) is 14.6 Å². The van der Waals surface area contributed by atoms with Crippen LogP contribution in [0.1, 0.15) is 52.8 Å². The number of fused-ring (bicyclic) bond motifs is 1. The van der Waals surface area contributed by atoms with Gasteiger partial charge in [0.2, 0.25) is 5.78 Å². The topological polar surface area (TPSA) is 46.5 Å². The minimum absolute atomic E-state index is 0.141. The molecule has 1 saturated carbocycles. The average Bonchev–Trinajstić information content (AvgIpc) is 2.50. The molecule has 0 bridgehead atoms. The average molecular weight is 290 g/mol. The molecule has 0 radical (unpaired) electrons. The number of rotatable bonds is 1. The molecule has 0 amide bonds. The minimum Gasteiger partial charge on any atom is -0.292 e. The Labute approximate surface area is 123 Å². The van der Waals surface area contributed by atoms with Crippen LogP contribution in [0.2, 0.25) is 0 Å². The lowest BCUT2D eigenvalue weighted by atomic mass is 9.87. The van der Waals surface area contributed by atoms with Crippen molar-refractivity contribution in [1.29, 1.82) is 0 Å². The lowest BCUT2D eigenvalue weighted by molar-refractivity contribution is 0.0967. The normalized spacial score (nSPS) is 25.9. The van der Waals surface area contributed by atoms with Crippen LogP contribution in [0.3, 0.4) is 0 Å². The number of halogens is 1. The van der Waals surface area contributed by atoms with Crippen molar-refractivity contribution < 1.29 is 9.59 Å². The van der Waals surface area contributed by atoms with Gasteiger partial charge in [0, 0.05) is 11.1 Å². The Balaban J connectivity index is 1.98. The number of ketones is 2. The van der Waals surface area contributed by atoms with E-state index in [4.69, 9.17) is 11.6 Å². The maximum absolute atomic E-state index is 12.5. The van der Waals surface area contributed by atoms with E-state index in [1.807, 2.05) is 0 Å². The second-order valence-corrected chi connectivity index (χ2v) is 5.84. The molecule has 0 heterocycles. The molecular formula is C16H16ClNO2. The third-order valence-corrected chi connectivity index (χ3v) is 4.44. The van der Waals surface area contributed by atoms with Gasteiger partial charge in [0.1, 0.15) is 11.1 Å². The monoisotopic (exact) mass is 289 g/mol. The molecule has 1 fully saturated rings. The van der Waals surface area contributed by atoms with Crippen molar-refractivity contribution in [1.82, 2.24) is 0 Å². The molecule has 0 spiro atoms. The van der Waals surface area contributed by atoms with Crippen LogP contribution in [0.25, 0.3) is 0 Å². The third-order valence-electron chi connectivity index (χ3n) is 4.04. The molecule has 1 aromatic rings. The Morgan fingerprint density at radius 2 is 1.65 bits per heavy atom. The largest absolute Gasteiger partial charge is 0.292 e. The molecule has 1 atom stereocenters. The van der Waals surface area contributed by atoms with E-state index in [1.54, 1.807) is 24.3 Å². The Morgan fingerprint density at radius 3 is 2.35 bits per heavy atom. The molecule has 2 aliphatic rings. The van der Waals surface area contributed by atoms with Crippen LogP contribution < -0.4 is 0 Å². The van der Waals surface area contributed by atoms with Crippen LogP contribution in [-0.2, 0) is 0 Å². The lowest BCUT2D eigenvalue weighted by Gasteiger charge is -2.23. The summed E-state index contributed by atoms with van der Waals surface area (Å²) in [5.41, 5.74) is 1.09. The Hall–Kier alpha value is -1.48. The summed E-state index contributed by atoms with van der Waals surface area (Å²) in [5.74, 6) is -0.401. The van der Waals surface area contributed by atoms with E-state index in [-0.39, 0.29) is 23.3 Å². The number of aliphatic imine (C=N–C) groups is 1. The SMILES string of the molecule is O=C1C(=NC2CCCCC2)C(Cl)C(=O)c2ccccc21. The molecular weight excluding hydrogens is 274 g/mol. The maximum Gasteiger partial charge on any atom is 0.209 e. The molecule has 1 unspecified atom stereocenters. The van der Waals surface area contributed by atoms with Crippen LogP contribution >= 0.6 is 11.6 Å². The van der Waals surface area contributed by atoms with Crippen molar-refractivity contribution in [3.05, 3.63) is 35.4 Å². The zero-order valence-electron chi connectivity index (χ0n) is 11.1. The number of alkyl halides is 1. The molecule has 2 aliphatic carbocycles. The molecule has 0 saturated heterocycles. The number of carbonyl (C=O) groups is 2. The van der Waals surface area contributed by atoms with Gasteiger partial charge in [0.15, 0.2) is 5.78 Å². The van der Waals surface area contributed by atoms with Gasteiger partial charge in [0.25, 0.3) is 0 Å². The fraction of sp³-hybridized carbons (Fsp3) is 0.438. The van der Waals surface area contributed by atoms with Gasteiger partial charge in [-0.25, -0.2) is 0 Å². The van der Waals surface area contributed by atoms with E-state index < -0.39 is 5.38 Å². The first-order valence-corrected chi connectivity index (χ1v) is 7.52. The summed E-state index contributed by atoms with van der Waals surface area (Å²) in [7, 11) is 0. The fourth-order valence-electron chi connectivity index (χ4n) is 2.94. The van der Waals surface area contributed by atoms with E-state index in [9.17, 15) is 9.59 Å². The van der Waals surface area contributed by atoms with Crippen molar-refractivity contribution in [2.24, 2.45) is 4.99 Å². The smallest absolute Gasteiger partial charge is 0.209 e. The summed E-state index contributed by atoms with van der Waals surface area (Å²) < 4.78 is 0. The number of hydrogen-bond acceptors (Lipinski definition) is 3. The van der Waals surface area contributed by atoms with Gasteiger partial charge in [-0.15, -0.1) is 11.6 Å². The van der Waals surface area contributed by atoms with Crippen molar-refractivity contribution in [2.45, 2.75) is 43.5 Å². The predicted octanol–water partition coefficient (Wildman–Crippen LogP) is 3.45. The van der Waals surface area contributed by atoms with Crippen LogP contribution in [0, 0.1) is 0 Å². The number of benzene rings is 1. The third kappa shape index (κ3) is 2.31. The maximum atomic E-state index is 12.5. The molecule has 4 heteroatoms. The van der Waals surface area contributed by atoms with Crippen LogP contribution in [0.5, 0.6) is 0 Å². The van der Waals surface area contributed by atoms with Crippen LogP contribution in [-0.4, -0.2) is 28.7 Å². The highest BCUT2D eigenvalue weighted by atomic mass is 35.5. The summed E-state index contributed by atoms with van der Waals surface area (Å²) in [5, 5.41) is -0.931. The van der Waals surface area contributed by atoms with Crippen molar-refractivity contribution in [2.75, 3.05) is 0 Å². The number of carbonyl (C=O) groups excluding carboxylic acids is 2. The van der Waals surface area contributed by atoms with Gasteiger partial charge in [-0.2, -0.15) is 0 Å². The molecule has 20 heavy (non-hydrogen) atoms. The zero-order chi connectivity index (χ0) is 14.1. The van der Waals surface area contributed by atoms with Crippen LogP contribution in [0.15, 0.2) is 29.3 Å². The minimum atomic E-state index is -0.931. The molecule has 0 aromatic heterocycles. The van der Waals surface area contributed by atoms with E-state index >= 15 is 0 Å². The summed E-state index contributed by atoms with van der Waals surface area (Å²) >= 11 is 6.17. The molecule has 104 valence electrons. The molecule has 0 aliphatic heterocycles. The predicted molar refractivity (Wildman–Crippen MR) is 79.1 cm³/mol. The quantitative estimate of drug-likeness (QED) is 0.743. The summed E-state index contributed by atoms with van der Waals surface area (Å²) in [6.45, 7) is 0. The highest BCUT2D eigenvalue weighted by Gasteiger charge is 2.37. The Bertz CT molecular complexity index is 588. The fourth-order valence-corrected chi connectivity index (χ4v) is 3.21. The molecule has 3 nitrogen and oxygen atoms in total. The number of Topliss-reactive ketones (excluding diaryl/α,β-unsaturated/α-hetero) is 2. The Kier molecular flexibility index (Phi) is 3.70. The van der Waals surface area contributed by atoms with Gasteiger partial charge in [-0.05, 0) is 12.8 Å². The first kappa shape index (κ1) is 13.5. The van der Waals surface area contributed by atoms with E-state index in [1.165, 1.54) is 6.42 Å². The first-order chi connectivity index (χ1) is 9.68. The zero-order valence-corrected chi connectivity index (χ0v) is 11.9. The summed E-state index contributed by atoms with van der Waals surface area (Å²) in [6.07, 6.45) is 5.45. The molecule has 0 N–H and O–H groups in total. The highest BCUT2D eigenvalue weighted by molar-refractivity contribution is 6.64. The van der Waals surface area contributed by atoms with Crippen molar-refractivity contribution >= 4 is 28.9 Å². The van der Waals surface area contributed by atoms with Gasteiger partial charge in [-0.1, -0.05) is 43.5 Å². The van der Waals surface area contributed by atoms with E-state index in [0.717, 1.165) is 25.7 Å². The second-order valence-electron chi connectivity index (χ2n) is 5.41. The standard InChI is InChI=1S/C16H16ClNO2/c17-13-14(18-10-6-2-1-3-7-10)16(20)12-9-5-4-8-11(12)15(13)19/h4-5,8-10,13H,1-3,6-7H2. The van der Waals surface area contributed by atoms with E-state index in [0.29, 0.717) is 11.1 Å². The van der Waals surface area contributed by atoms with Gasteiger partial charge >= 0.3 is 0 Å². The van der Waals surface area contributed by atoms with Crippen molar-refractivity contribution in [3.8, 4) is 0 Å².